The van der Waals surface area contributed by atoms with Gasteiger partial charge in [-0.3, -0.25) is 0 Å². The monoisotopic (exact) mass is 280 g/mol. The fourth-order valence-corrected chi connectivity index (χ4v) is 2.17. The summed E-state index contributed by atoms with van der Waals surface area (Å²) >= 11 is 0. The van der Waals surface area contributed by atoms with Crippen molar-refractivity contribution in [3.8, 4) is 0 Å². The van der Waals surface area contributed by atoms with Crippen LogP contribution in [0.1, 0.15) is 6.42 Å². The van der Waals surface area contributed by atoms with Crippen LogP contribution in [0.2, 0.25) is 0 Å². The topological polar surface area (TPSA) is 68.8 Å². The third-order valence-corrected chi connectivity index (χ3v) is 3.22. The normalized spacial score (nSPS) is 25.4. The van der Waals surface area contributed by atoms with Gasteiger partial charge in [0, 0.05) is 38.8 Å². The minimum Gasteiger partial charge on any atom is -0.356 e. The van der Waals surface area contributed by atoms with E-state index in [-0.39, 0.29) is 24.5 Å². The molecule has 0 aliphatic carbocycles. The zero-order chi connectivity index (χ0) is 14.4. The van der Waals surface area contributed by atoms with Gasteiger partial charge in [-0.15, -0.1) is 0 Å². The quantitative estimate of drug-likeness (QED) is 0.863. The first-order chi connectivity index (χ1) is 9.72. The molecule has 0 radical (unpaired) electrons. The molecule has 1 aromatic rings. The predicted molar refractivity (Wildman–Crippen MR) is 74.2 cm³/mol. The molecule has 1 heterocycles. The molecule has 6 nitrogen and oxygen atoms in total. The fraction of sp³-hybridized carbons (Fsp3) is 0.500. The van der Waals surface area contributed by atoms with Gasteiger partial charge in [0.05, 0.1) is 0 Å². The predicted octanol–water partition coefficient (Wildman–Crippen LogP) is 1.79. The summed E-state index contributed by atoms with van der Waals surface area (Å²) in [7, 11) is 3.18. The Morgan fingerprint density at radius 3 is 2.70 bits per heavy atom. The number of rotatable bonds is 5. The summed E-state index contributed by atoms with van der Waals surface area (Å²) in [6.45, 7) is 0.469. The second-order valence-corrected chi connectivity index (χ2v) is 4.60. The Morgan fingerprint density at radius 1 is 1.30 bits per heavy atom. The van der Waals surface area contributed by atoms with E-state index in [9.17, 15) is 4.79 Å². The Kier molecular flexibility index (Phi) is 5.34. The summed E-state index contributed by atoms with van der Waals surface area (Å²) < 4.78 is 15.9. The maximum Gasteiger partial charge on any atom is 0.319 e. The van der Waals surface area contributed by atoms with Gasteiger partial charge in [-0.2, -0.15) is 0 Å². The highest BCUT2D eigenvalue weighted by molar-refractivity contribution is 5.89. The maximum absolute atomic E-state index is 11.8. The van der Waals surface area contributed by atoms with Crippen LogP contribution in [0.15, 0.2) is 30.3 Å². The molecule has 1 aromatic carbocycles. The average Bonchev–Trinajstić information content (AvgIpc) is 2.88. The lowest BCUT2D eigenvalue weighted by Gasteiger charge is -2.17. The Labute approximate surface area is 118 Å². The summed E-state index contributed by atoms with van der Waals surface area (Å²) in [5, 5.41) is 5.58. The van der Waals surface area contributed by atoms with Crippen molar-refractivity contribution in [1.29, 1.82) is 0 Å². The molecule has 0 bridgehead atoms. The second-order valence-electron chi connectivity index (χ2n) is 4.60. The molecule has 2 N–H and O–H groups in total. The van der Waals surface area contributed by atoms with Gasteiger partial charge in [0.1, 0.15) is 0 Å². The van der Waals surface area contributed by atoms with Crippen molar-refractivity contribution in [2.45, 2.75) is 19.0 Å². The second kappa shape index (κ2) is 7.23. The molecule has 6 heteroatoms. The highest BCUT2D eigenvalue weighted by Crippen LogP contribution is 2.26. The van der Waals surface area contributed by atoms with Crippen molar-refractivity contribution in [2.24, 2.45) is 5.92 Å². The molecule has 3 atom stereocenters. The van der Waals surface area contributed by atoms with Gasteiger partial charge in [0.25, 0.3) is 0 Å². The molecule has 1 fully saturated rings. The molecule has 1 aliphatic heterocycles. The van der Waals surface area contributed by atoms with E-state index in [0.29, 0.717) is 13.0 Å². The molecule has 0 saturated carbocycles. The standard InChI is InChI=1S/C14H20N2O4/c1-18-12-8-10(13(19-2)20-12)9-15-14(17)16-11-6-4-3-5-7-11/h3-7,10,12-13H,8-9H2,1-2H3,(H2,15,16,17). The number of hydrogen-bond acceptors (Lipinski definition) is 4. The highest BCUT2D eigenvalue weighted by Gasteiger charge is 2.35. The largest absolute Gasteiger partial charge is 0.356 e. The van der Waals surface area contributed by atoms with Crippen LogP contribution >= 0.6 is 0 Å². The minimum atomic E-state index is -0.350. The zero-order valence-corrected chi connectivity index (χ0v) is 11.7. The molecule has 3 unspecified atom stereocenters. The van der Waals surface area contributed by atoms with Crippen LogP contribution in [0.3, 0.4) is 0 Å². The van der Waals surface area contributed by atoms with E-state index in [1.807, 2.05) is 30.3 Å². The van der Waals surface area contributed by atoms with E-state index >= 15 is 0 Å². The molecular formula is C14H20N2O4. The minimum absolute atomic E-state index is 0.0754. The number of amides is 2. The SMILES string of the molecule is COC1CC(CNC(=O)Nc2ccccc2)C(OC)O1. The average molecular weight is 280 g/mol. The van der Waals surface area contributed by atoms with E-state index in [2.05, 4.69) is 10.6 Å². The lowest BCUT2D eigenvalue weighted by atomic mass is 10.1. The number of benzene rings is 1. The molecule has 2 rings (SSSR count). The number of ether oxygens (including phenoxy) is 3. The van der Waals surface area contributed by atoms with Crippen molar-refractivity contribution in [1.82, 2.24) is 5.32 Å². The number of nitrogens with one attached hydrogen (secondary N) is 2. The molecule has 20 heavy (non-hydrogen) atoms. The van der Waals surface area contributed by atoms with Crippen LogP contribution in [0.25, 0.3) is 0 Å². The van der Waals surface area contributed by atoms with Gasteiger partial charge in [-0.25, -0.2) is 4.79 Å². The van der Waals surface area contributed by atoms with Crippen LogP contribution < -0.4 is 10.6 Å². The van der Waals surface area contributed by atoms with Crippen molar-refractivity contribution >= 4 is 11.7 Å². The molecule has 0 aromatic heterocycles. The Morgan fingerprint density at radius 2 is 2.05 bits per heavy atom. The van der Waals surface area contributed by atoms with E-state index < -0.39 is 0 Å². The van der Waals surface area contributed by atoms with Crippen LogP contribution in [0.4, 0.5) is 10.5 Å². The first kappa shape index (κ1) is 14.8. The lowest BCUT2D eigenvalue weighted by molar-refractivity contribution is -0.192. The van der Waals surface area contributed by atoms with Gasteiger partial charge >= 0.3 is 6.03 Å². The number of urea groups is 1. The van der Waals surface area contributed by atoms with Crippen molar-refractivity contribution in [3.05, 3.63) is 30.3 Å². The van der Waals surface area contributed by atoms with Gasteiger partial charge in [-0.05, 0) is 12.1 Å². The first-order valence-corrected chi connectivity index (χ1v) is 6.54. The third-order valence-electron chi connectivity index (χ3n) is 3.22. The fourth-order valence-electron chi connectivity index (χ4n) is 2.17. The molecular weight excluding hydrogens is 260 g/mol. The third kappa shape index (κ3) is 3.93. The molecule has 110 valence electrons. The van der Waals surface area contributed by atoms with Crippen LogP contribution in [0.5, 0.6) is 0 Å². The van der Waals surface area contributed by atoms with Gasteiger partial charge in [0.15, 0.2) is 12.6 Å². The zero-order valence-electron chi connectivity index (χ0n) is 11.7. The van der Waals surface area contributed by atoms with E-state index in [4.69, 9.17) is 14.2 Å². The number of carbonyl (C=O) groups is 1. The number of anilines is 1. The van der Waals surface area contributed by atoms with Crippen molar-refractivity contribution in [2.75, 3.05) is 26.1 Å². The van der Waals surface area contributed by atoms with Crippen LogP contribution in [0, 0.1) is 5.92 Å². The first-order valence-electron chi connectivity index (χ1n) is 6.54. The Bertz CT molecular complexity index is 426. The highest BCUT2D eigenvalue weighted by atomic mass is 16.8. The van der Waals surface area contributed by atoms with Crippen molar-refractivity contribution in [3.63, 3.8) is 0 Å². The number of hydrogen-bond donors (Lipinski definition) is 2. The summed E-state index contributed by atoms with van der Waals surface area (Å²) in [5.74, 6) is 0.0754. The summed E-state index contributed by atoms with van der Waals surface area (Å²) in [6.07, 6.45) is 0.0709. The lowest BCUT2D eigenvalue weighted by Crippen LogP contribution is -2.36. The van der Waals surface area contributed by atoms with E-state index in [1.54, 1.807) is 14.2 Å². The number of carbonyl (C=O) groups excluding carboxylic acids is 1. The van der Waals surface area contributed by atoms with E-state index in [1.165, 1.54) is 0 Å². The van der Waals surface area contributed by atoms with E-state index in [0.717, 1.165) is 5.69 Å². The van der Waals surface area contributed by atoms with Gasteiger partial charge in [0.2, 0.25) is 0 Å². The summed E-state index contributed by atoms with van der Waals surface area (Å²) in [4.78, 5) is 11.8. The van der Waals surface area contributed by atoms with Crippen LogP contribution in [-0.2, 0) is 14.2 Å². The van der Waals surface area contributed by atoms with Gasteiger partial charge in [-0.1, -0.05) is 18.2 Å². The summed E-state index contributed by atoms with van der Waals surface area (Å²) in [6, 6.07) is 9.04. The smallest absolute Gasteiger partial charge is 0.319 e. The van der Waals surface area contributed by atoms with Gasteiger partial charge < -0.3 is 24.8 Å². The maximum atomic E-state index is 11.8. The molecule has 1 saturated heterocycles. The molecule has 2 amide bonds. The molecule has 0 spiro atoms. The van der Waals surface area contributed by atoms with Crippen molar-refractivity contribution < 1.29 is 19.0 Å². The number of methoxy groups -OCH3 is 2. The number of para-hydroxylation sites is 1. The Hall–Kier alpha value is -1.63. The molecule has 1 aliphatic rings. The summed E-state index contributed by atoms with van der Waals surface area (Å²) in [5.41, 5.74) is 0.755. The Balaban J connectivity index is 1.78. The van der Waals surface area contributed by atoms with Crippen LogP contribution in [-0.4, -0.2) is 39.4 Å².